The molecule has 2 amide bonds. The predicted octanol–water partition coefficient (Wildman–Crippen LogP) is 5.62. The van der Waals surface area contributed by atoms with Gasteiger partial charge in [0.15, 0.2) is 0 Å². The molecule has 2 rings (SSSR count). The van der Waals surface area contributed by atoms with Crippen molar-refractivity contribution in [2.75, 3.05) is 25.6 Å². The summed E-state index contributed by atoms with van der Waals surface area (Å²) < 4.78 is 0. The Morgan fingerprint density at radius 2 is 1.54 bits per heavy atom. The van der Waals surface area contributed by atoms with E-state index in [0.29, 0.717) is 21.2 Å². The Balaban J connectivity index is 0.000000280. The number of carbonyl (C=O) groups excluding carboxylic acids is 2. The molecule has 0 saturated carbocycles. The predicted molar refractivity (Wildman–Crippen MR) is 122 cm³/mol. The Labute approximate surface area is 185 Å². The van der Waals surface area contributed by atoms with E-state index in [1.54, 1.807) is 68.0 Å². The Kier molecular flexibility index (Phi) is 11.5. The van der Waals surface area contributed by atoms with E-state index >= 15 is 0 Å². The summed E-state index contributed by atoms with van der Waals surface area (Å²) in [4.78, 5) is 24.6. The van der Waals surface area contributed by atoms with E-state index in [1.807, 2.05) is 13.0 Å². The number of halogens is 2. The number of hydrogen-bond acceptors (Lipinski definition) is 4. The average Bonchev–Trinajstić information content (AvgIpc) is 2.70. The molecule has 0 aliphatic rings. The molecule has 152 valence electrons. The van der Waals surface area contributed by atoms with E-state index in [9.17, 15) is 9.59 Å². The highest BCUT2D eigenvalue weighted by Gasteiger charge is 2.12. The normalized spacial score (nSPS) is 9.93. The molecule has 0 unspecified atom stereocenters. The molecular formula is C20H24Cl2N2O2S2. The largest absolute Gasteiger partial charge is 0.355 e. The van der Waals surface area contributed by atoms with Crippen LogP contribution in [0.1, 0.15) is 34.6 Å². The SMILES string of the molecule is CCSc1c(Cl)cccc1C(=O)NC.CCSc1ccc(C(=O)NC)cc1Cl. The zero-order chi connectivity index (χ0) is 21.1. The summed E-state index contributed by atoms with van der Waals surface area (Å²) in [5, 5.41) is 6.43. The van der Waals surface area contributed by atoms with Crippen LogP contribution in [0.4, 0.5) is 0 Å². The topological polar surface area (TPSA) is 58.2 Å². The van der Waals surface area contributed by atoms with Crippen LogP contribution < -0.4 is 10.6 Å². The second-order valence-corrected chi connectivity index (χ2v) is 8.68. The van der Waals surface area contributed by atoms with Gasteiger partial charge in [0.2, 0.25) is 0 Å². The average molecular weight is 459 g/mol. The molecule has 0 radical (unpaired) electrons. The van der Waals surface area contributed by atoms with Crippen molar-refractivity contribution in [3.8, 4) is 0 Å². The van der Waals surface area contributed by atoms with Gasteiger partial charge in [0.25, 0.3) is 11.8 Å². The number of thioether (sulfide) groups is 2. The van der Waals surface area contributed by atoms with Crippen molar-refractivity contribution in [3.63, 3.8) is 0 Å². The van der Waals surface area contributed by atoms with Crippen molar-refractivity contribution in [1.82, 2.24) is 10.6 Å². The van der Waals surface area contributed by atoms with Gasteiger partial charge in [-0.25, -0.2) is 0 Å². The highest BCUT2D eigenvalue weighted by atomic mass is 35.5. The van der Waals surface area contributed by atoms with E-state index < -0.39 is 0 Å². The summed E-state index contributed by atoms with van der Waals surface area (Å²) in [5.41, 5.74) is 1.24. The van der Waals surface area contributed by atoms with Crippen LogP contribution in [0.3, 0.4) is 0 Å². The molecule has 2 aromatic carbocycles. The monoisotopic (exact) mass is 458 g/mol. The van der Waals surface area contributed by atoms with E-state index in [4.69, 9.17) is 23.2 Å². The van der Waals surface area contributed by atoms with E-state index in [0.717, 1.165) is 21.3 Å². The van der Waals surface area contributed by atoms with Crippen molar-refractivity contribution in [2.45, 2.75) is 23.6 Å². The maximum absolute atomic E-state index is 11.5. The highest BCUT2D eigenvalue weighted by molar-refractivity contribution is 7.99. The fourth-order valence-corrected chi connectivity index (χ4v) is 4.34. The van der Waals surface area contributed by atoms with Gasteiger partial charge in [0.05, 0.1) is 15.6 Å². The van der Waals surface area contributed by atoms with E-state index in [1.165, 1.54) is 0 Å². The van der Waals surface area contributed by atoms with Crippen molar-refractivity contribution < 1.29 is 9.59 Å². The number of amides is 2. The molecule has 28 heavy (non-hydrogen) atoms. The first-order chi connectivity index (χ1) is 13.4. The molecule has 8 heteroatoms. The van der Waals surface area contributed by atoms with Gasteiger partial charge in [-0.1, -0.05) is 43.1 Å². The standard InChI is InChI=1S/2C10H12ClNOS/c1-3-14-9-5-4-7(6-8(9)11)10(13)12-2;1-3-14-9-7(10(13)12-2)5-4-6-8(9)11/h2*4-6H,3H2,1-2H3,(H,12,13). The number of rotatable bonds is 6. The summed E-state index contributed by atoms with van der Waals surface area (Å²) in [6, 6.07) is 10.7. The van der Waals surface area contributed by atoms with Crippen molar-refractivity contribution in [1.29, 1.82) is 0 Å². The lowest BCUT2D eigenvalue weighted by atomic mass is 10.2. The molecular weight excluding hydrogens is 435 g/mol. The number of hydrogen-bond donors (Lipinski definition) is 2. The van der Waals surface area contributed by atoms with Gasteiger partial charge in [0, 0.05) is 29.4 Å². The summed E-state index contributed by atoms with van der Waals surface area (Å²) in [5.74, 6) is 1.66. The molecule has 0 aliphatic heterocycles. The second-order valence-electron chi connectivity index (χ2n) is 5.29. The van der Waals surface area contributed by atoms with Gasteiger partial charge in [-0.05, 0) is 41.8 Å². The molecule has 2 N–H and O–H groups in total. The summed E-state index contributed by atoms with van der Waals surface area (Å²) in [6.07, 6.45) is 0. The Bertz CT molecular complexity index is 817. The third-order valence-electron chi connectivity index (χ3n) is 3.45. The zero-order valence-corrected chi connectivity index (χ0v) is 19.4. The molecule has 0 fully saturated rings. The van der Waals surface area contributed by atoms with Crippen LogP contribution in [-0.2, 0) is 0 Å². The zero-order valence-electron chi connectivity index (χ0n) is 16.3. The van der Waals surface area contributed by atoms with Crippen molar-refractivity contribution >= 4 is 58.5 Å². The maximum Gasteiger partial charge on any atom is 0.252 e. The first-order valence-corrected chi connectivity index (χ1v) is 11.4. The maximum atomic E-state index is 11.5. The van der Waals surface area contributed by atoms with Gasteiger partial charge in [-0.3, -0.25) is 9.59 Å². The molecule has 0 heterocycles. The van der Waals surface area contributed by atoms with Gasteiger partial charge < -0.3 is 10.6 Å². The van der Waals surface area contributed by atoms with Gasteiger partial charge >= 0.3 is 0 Å². The van der Waals surface area contributed by atoms with Crippen LogP contribution in [0.25, 0.3) is 0 Å². The second kappa shape index (κ2) is 13.0. The molecule has 0 aromatic heterocycles. The van der Waals surface area contributed by atoms with Gasteiger partial charge in [-0.15, -0.1) is 23.5 Å². The lowest BCUT2D eigenvalue weighted by molar-refractivity contribution is 0.0953. The fourth-order valence-electron chi connectivity index (χ4n) is 2.17. The van der Waals surface area contributed by atoms with E-state index in [2.05, 4.69) is 17.6 Å². The third-order valence-corrected chi connectivity index (χ3v) is 6.27. The fraction of sp³-hybridized carbons (Fsp3) is 0.300. The van der Waals surface area contributed by atoms with Crippen LogP contribution in [-0.4, -0.2) is 37.4 Å². The minimum Gasteiger partial charge on any atom is -0.355 e. The van der Waals surface area contributed by atoms with Gasteiger partial charge in [0.1, 0.15) is 0 Å². The minimum atomic E-state index is -0.111. The quantitative estimate of drug-likeness (QED) is 0.551. The van der Waals surface area contributed by atoms with Crippen LogP contribution in [0, 0.1) is 0 Å². The summed E-state index contributed by atoms with van der Waals surface area (Å²) in [6.45, 7) is 4.09. The Morgan fingerprint density at radius 1 is 0.893 bits per heavy atom. The van der Waals surface area contributed by atoms with Crippen molar-refractivity contribution in [2.24, 2.45) is 0 Å². The Hall–Kier alpha value is -1.34. The first-order valence-electron chi connectivity index (χ1n) is 8.67. The highest BCUT2D eigenvalue weighted by Crippen LogP contribution is 2.30. The molecule has 0 atom stereocenters. The number of nitrogens with one attached hydrogen (secondary N) is 2. The van der Waals surface area contributed by atoms with Crippen LogP contribution >= 0.6 is 46.7 Å². The molecule has 0 aliphatic carbocycles. The van der Waals surface area contributed by atoms with Crippen LogP contribution in [0.15, 0.2) is 46.2 Å². The third kappa shape index (κ3) is 7.24. The molecule has 4 nitrogen and oxygen atoms in total. The van der Waals surface area contributed by atoms with E-state index in [-0.39, 0.29) is 11.8 Å². The minimum absolute atomic E-state index is 0.0940. The van der Waals surface area contributed by atoms with Crippen LogP contribution in [0.2, 0.25) is 10.0 Å². The molecule has 0 spiro atoms. The Morgan fingerprint density at radius 3 is 2.07 bits per heavy atom. The number of carbonyl (C=O) groups is 2. The van der Waals surface area contributed by atoms with Crippen LogP contribution in [0.5, 0.6) is 0 Å². The molecule has 0 bridgehead atoms. The van der Waals surface area contributed by atoms with Gasteiger partial charge in [-0.2, -0.15) is 0 Å². The van der Waals surface area contributed by atoms with Crippen molar-refractivity contribution in [3.05, 3.63) is 57.6 Å². The lowest BCUT2D eigenvalue weighted by Gasteiger charge is -2.08. The smallest absolute Gasteiger partial charge is 0.252 e. The molecule has 0 saturated heterocycles. The summed E-state index contributed by atoms with van der Waals surface area (Å²) >= 11 is 15.3. The lowest BCUT2D eigenvalue weighted by Crippen LogP contribution is -2.18. The molecule has 2 aromatic rings. The number of benzene rings is 2. The summed E-state index contributed by atoms with van der Waals surface area (Å²) in [7, 11) is 3.22. The first kappa shape index (κ1) is 24.7.